The minimum Gasteiger partial charge on any atom is -0.460 e. The highest BCUT2D eigenvalue weighted by atomic mass is 16.6. The number of aliphatic hydroxyl groups excluding tert-OH is 1. The molecule has 7 amide bonds. The van der Waals surface area contributed by atoms with Gasteiger partial charge in [-0.25, -0.2) is 53.1 Å². The van der Waals surface area contributed by atoms with E-state index in [2.05, 4.69) is 132 Å². The zero-order valence-corrected chi connectivity index (χ0v) is 77.0. The molecule has 0 fully saturated rings. The number of amides is 7. The number of nitrogens with zero attached hydrogens (tertiary/aromatic N) is 4. The number of ether oxygens (including phenoxy) is 6. The summed E-state index contributed by atoms with van der Waals surface area (Å²) in [6.07, 6.45) is 16.9. The molecule has 0 radical (unpaired) electrons. The molecule has 5 atom stereocenters. The molecule has 2 heterocycles. The summed E-state index contributed by atoms with van der Waals surface area (Å²) in [4.78, 5) is 119. The molecule has 3 aliphatic rings. The summed E-state index contributed by atoms with van der Waals surface area (Å²) in [7, 11) is 0. The van der Waals surface area contributed by atoms with E-state index in [9.17, 15) is 43.2 Å². The van der Waals surface area contributed by atoms with Crippen LogP contribution in [0.25, 0.3) is 33.4 Å². The van der Waals surface area contributed by atoms with Crippen molar-refractivity contribution in [1.82, 2.24) is 56.3 Å². The number of esters is 3. The van der Waals surface area contributed by atoms with Crippen molar-refractivity contribution in [3.8, 4) is 33.4 Å². The molecule has 10 aromatic carbocycles. The van der Waals surface area contributed by atoms with Gasteiger partial charge in [0.2, 0.25) is 0 Å². The Kier molecular flexibility index (Phi) is 40.0. The van der Waals surface area contributed by atoms with Crippen LogP contribution in [0.5, 0.6) is 0 Å². The van der Waals surface area contributed by atoms with Crippen molar-refractivity contribution in [3.05, 3.63) is 360 Å². The lowest BCUT2D eigenvalue weighted by molar-refractivity contribution is 0.0445. The summed E-state index contributed by atoms with van der Waals surface area (Å²) < 4.78 is 36.3. The second kappa shape index (κ2) is 54.3. The summed E-state index contributed by atoms with van der Waals surface area (Å²) in [6, 6.07) is 83.4. The normalized spacial score (nSPS) is 12.8. The number of carbonyl (C=O) groups is 9. The molecule has 2 aromatic heterocycles. The van der Waals surface area contributed by atoms with Gasteiger partial charge in [-0.1, -0.05) is 243 Å². The molecular formula is C108H121N13O16. The van der Waals surface area contributed by atoms with Gasteiger partial charge in [0, 0.05) is 74.3 Å². The molecule has 137 heavy (non-hydrogen) atoms. The zero-order chi connectivity index (χ0) is 96.1. The van der Waals surface area contributed by atoms with Crippen molar-refractivity contribution >= 4 is 54.3 Å². The summed E-state index contributed by atoms with van der Waals surface area (Å²) in [5.74, 6) is -1.46. The van der Waals surface area contributed by atoms with E-state index in [0.29, 0.717) is 87.8 Å². The van der Waals surface area contributed by atoms with Gasteiger partial charge in [0.1, 0.15) is 52.3 Å². The van der Waals surface area contributed by atoms with Crippen molar-refractivity contribution < 1.29 is 76.7 Å². The van der Waals surface area contributed by atoms with Gasteiger partial charge in [-0.15, -0.1) is 0 Å². The Hall–Kier alpha value is -15.1. The van der Waals surface area contributed by atoms with Gasteiger partial charge >= 0.3 is 54.3 Å². The molecule has 0 saturated carbocycles. The molecule has 0 spiro atoms. The maximum absolute atomic E-state index is 12.9. The highest BCUT2D eigenvalue weighted by molar-refractivity contribution is 5.91. The number of urea groups is 1. The summed E-state index contributed by atoms with van der Waals surface area (Å²) in [5.41, 5.74) is 27.6. The summed E-state index contributed by atoms with van der Waals surface area (Å²) in [5, 5.41) is 28.8. The van der Waals surface area contributed by atoms with E-state index in [1.54, 1.807) is 85.2 Å². The van der Waals surface area contributed by atoms with Crippen LogP contribution in [0.1, 0.15) is 172 Å². The van der Waals surface area contributed by atoms with E-state index < -0.39 is 48.3 Å². The SMILES string of the molecule is CC(Cc1ccccc1)NC(=O)NCCCCC(N)CO.NCCCCC(COC(=O)c1ccccc1)NC(=O)OCC1c2ccccc2-c2ccccc21.O=C(NC(CCCCNC(=O)n1ccnc1)COC(=O)c1ccccc1)OCC1c2ccccc2-c2ccccc21.O=C(NC(CCCCNC(=O)n1ccnc1)COC(=O)c1ccccc1)OCC1c2ccccc2-c2ccccc21. The van der Waals surface area contributed by atoms with E-state index in [1.807, 2.05) is 116 Å². The first kappa shape index (κ1) is 101. The molecule has 0 aliphatic heterocycles. The molecule has 3 aliphatic carbocycles. The number of hydrogen-bond acceptors (Lipinski definition) is 20. The van der Waals surface area contributed by atoms with Gasteiger partial charge in [-0.05, 0) is 193 Å². The second-order valence-electron chi connectivity index (χ2n) is 33.5. The number of aromatic nitrogens is 4. The van der Waals surface area contributed by atoms with E-state index in [1.165, 1.54) is 50.9 Å². The van der Waals surface area contributed by atoms with Crippen molar-refractivity contribution in [2.24, 2.45) is 11.5 Å². The lowest BCUT2D eigenvalue weighted by Gasteiger charge is -2.20. The Morgan fingerprint density at radius 2 is 0.650 bits per heavy atom. The first-order chi connectivity index (χ1) is 67.0. The van der Waals surface area contributed by atoms with Crippen molar-refractivity contribution in [3.63, 3.8) is 0 Å². The molecule has 29 nitrogen and oxygen atoms in total. The smallest absolute Gasteiger partial charge is 0.407 e. The molecular weight excluding hydrogens is 1740 g/mol. The number of aliphatic hydroxyl groups is 1. The molecule has 12 aromatic rings. The number of carbonyl (C=O) groups excluding carboxylic acids is 9. The average Bonchev–Trinajstić information content (AvgIpc) is 1.63. The van der Waals surface area contributed by atoms with Gasteiger partial charge in [0.05, 0.1) is 41.4 Å². The van der Waals surface area contributed by atoms with Crippen molar-refractivity contribution in [2.45, 2.75) is 138 Å². The molecule has 5 unspecified atom stereocenters. The Morgan fingerprint density at radius 3 is 0.956 bits per heavy atom. The topological polar surface area (TPSA) is 401 Å². The number of benzene rings is 10. The lowest BCUT2D eigenvalue weighted by Crippen LogP contribution is -2.42. The Balaban J connectivity index is 0.000000168. The summed E-state index contributed by atoms with van der Waals surface area (Å²) >= 11 is 0. The lowest BCUT2D eigenvalue weighted by atomic mass is 9.98. The number of hydrogen-bond donors (Lipinski definition) is 10. The monoisotopic (exact) mass is 1860 g/mol. The van der Waals surface area contributed by atoms with Crippen LogP contribution in [0, 0.1) is 0 Å². The van der Waals surface area contributed by atoms with Gasteiger partial charge in [-0.2, -0.15) is 0 Å². The van der Waals surface area contributed by atoms with Crippen LogP contribution >= 0.6 is 0 Å². The minimum absolute atomic E-state index is 0.000676. The second-order valence-corrected chi connectivity index (χ2v) is 33.5. The first-order valence-electron chi connectivity index (χ1n) is 46.7. The van der Waals surface area contributed by atoms with Crippen LogP contribution < -0.4 is 48.7 Å². The maximum Gasteiger partial charge on any atom is 0.407 e. The fourth-order valence-electron chi connectivity index (χ4n) is 16.5. The van der Waals surface area contributed by atoms with Crippen LogP contribution in [-0.4, -0.2) is 181 Å². The quantitative estimate of drug-likeness (QED) is 0.00966. The van der Waals surface area contributed by atoms with E-state index in [-0.39, 0.29) is 100 Å². The highest BCUT2D eigenvalue weighted by Crippen LogP contribution is 2.47. The van der Waals surface area contributed by atoms with Crippen LogP contribution in [0.4, 0.5) is 28.8 Å². The van der Waals surface area contributed by atoms with Gasteiger partial charge in [0.25, 0.3) is 0 Å². The third-order valence-corrected chi connectivity index (χ3v) is 23.6. The molecule has 15 rings (SSSR count). The number of imidazole rings is 2. The van der Waals surface area contributed by atoms with Crippen molar-refractivity contribution in [1.29, 1.82) is 0 Å². The fraction of sp³-hybridized carbons (Fsp3) is 0.306. The number of rotatable bonds is 41. The van der Waals surface area contributed by atoms with Crippen molar-refractivity contribution in [2.75, 3.05) is 72.4 Å². The third kappa shape index (κ3) is 31.3. The molecule has 12 N–H and O–H groups in total. The molecule has 0 saturated heterocycles. The van der Waals surface area contributed by atoms with Crippen LogP contribution in [-0.2, 0) is 34.8 Å². The van der Waals surface area contributed by atoms with E-state index >= 15 is 0 Å². The molecule has 0 bridgehead atoms. The Labute approximate surface area is 798 Å². The number of alkyl carbamates (subject to hydrolysis) is 3. The van der Waals surface area contributed by atoms with E-state index in [4.69, 9.17) is 45.0 Å². The number of nitrogens with two attached hydrogens (primary N) is 2. The van der Waals surface area contributed by atoms with Crippen LogP contribution in [0.15, 0.2) is 304 Å². The van der Waals surface area contributed by atoms with Gasteiger partial charge < -0.3 is 82.2 Å². The number of nitrogens with one attached hydrogen (secondary N) is 7. The van der Waals surface area contributed by atoms with E-state index in [0.717, 1.165) is 94.2 Å². The number of fused-ring (bicyclic) bond motifs is 9. The summed E-state index contributed by atoms with van der Waals surface area (Å²) in [6.45, 7) is 4.81. The minimum atomic E-state index is -0.568. The van der Waals surface area contributed by atoms with Crippen LogP contribution in [0.3, 0.4) is 0 Å². The maximum atomic E-state index is 12.9. The van der Waals surface area contributed by atoms with Crippen LogP contribution in [0.2, 0.25) is 0 Å². The average molecular weight is 1860 g/mol. The first-order valence-corrected chi connectivity index (χ1v) is 46.7. The third-order valence-electron chi connectivity index (χ3n) is 23.6. The van der Waals surface area contributed by atoms with Gasteiger partial charge in [-0.3, -0.25) is 9.13 Å². The predicted octanol–water partition coefficient (Wildman–Crippen LogP) is 17.0. The fourth-order valence-corrected chi connectivity index (χ4v) is 16.5. The molecule has 714 valence electrons. The highest BCUT2D eigenvalue weighted by Gasteiger charge is 2.34. The largest absolute Gasteiger partial charge is 0.460 e. The van der Waals surface area contributed by atoms with Gasteiger partial charge in [0.15, 0.2) is 0 Å². The zero-order valence-electron chi connectivity index (χ0n) is 77.0. The number of unbranched alkanes of at least 4 members (excludes halogenated alkanes) is 4. The standard InChI is InChI=1S/2C32H32N4O5.C28H30N2O4.C16H27N3O2/c2*37-30(23-10-2-1-3-11-23)40-20-24(12-8-9-17-34-31(38)36-19-18-33-22-36)35-32(39)41-21-29-27-15-6-4-13-25(27)26-14-5-7-16-28(26)29;29-17-9-8-12-21(18-33-27(31)20-10-2-1-3-11-20)30-28(32)34-19-26-24-15-6-4-13-22(24)23-14-5-7-16-25(23)26;1-13(11-14-7-3-2-4-8-14)19-16(21)18-10-6-5-9-15(17)12-20/h2*1-7,10-11,13-16,18-19,22,24,29H,8-9,12,17,20-21H2,(H,34,38)(H,35,39);1-7,10-11,13-16,21,26H,8-9,12,17-19,29H2,(H,30,32);2-4,7-8,13,15,20H,5-6,9-12,17H2,1H3,(H2,18,19,21). The molecule has 29 heteroatoms. The predicted molar refractivity (Wildman–Crippen MR) is 524 cm³/mol. The Bertz CT molecular complexity index is 5440. The Morgan fingerprint density at radius 1 is 0.358 bits per heavy atom.